The molecule has 0 bridgehead atoms. The van der Waals surface area contributed by atoms with Crippen LogP contribution in [0.5, 0.6) is 0 Å². The van der Waals surface area contributed by atoms with Gasteiger partial charge in [0, 0.05) is 18.8 Å². The van der Waals surface area contributed by atoms with Gasteiger partial charge in [0.2, 0.25) is 11.8 Å². The van der Waals surface area contributed by atoms with Crippen LogP contribution >= 0.6 is 0 Å². The molecular weight excluding hydrogens is 294 g/mol. The van der Waals surface area contributed by atoms with Crippen LogP contribution in [0.25, 0.3) is 0 Å². The van der Waals surface area contributed by atoms with Gasteiger partial charge in [-0.1, -0.05) is 49.3 Å². The van der Waals surface area contributed by atoms with E-state index in [-0.39, 0.29) is 24.8 Å². The van der Waals surface area contributed by atoms with Crippen LogP contribution in [0.2, 0.25) is 0 Å². The van der Waals surface area contributed by atoms with Crippen LogP contribution in [0, 0.1) is 0 Å². The van der Waals surface area contributed by atoms with Crippen molar-refractivity contribution in [2.24, 2.45) is 0 Å². The summed E-state index contributed by atoms with van der Waals surface area (Å²) in [4.78, 5) is 16.2. The summed E-state index contributed by atoms with van der Waals surface area (Å²) in [6.45, 7) is 5.78. The molecule has 2 N–H and O–H groups in total. The normalized spacial score (nSPS) is 13.8. The lowest BCUT2D eigenvalue weighted by atomic mass is 9.96. The first-order chi connectivity index (χ1) is 10.9. The zero-order valence-electron chi connectivity index (χ0n) is 13.7. The van der Waals surface area contributed by atoms with Crippen molar-refractivity contribution in [3.8, 4) is 0 Å². The maximum atomic E-state index is 11.9. The fourth-order valence-electron chi connectivity index (χ4n) is 2.08. The molecular formula is C17H23N3O3. The summed E-state index contributed by atoms with van der Waals surface area (Å²) >= 11 is 0. The zero-order chi connectivity index (χ0) is 16.9. The molecule has 1 aromatic heterocycles. The quantitative estimate of drug-likeness (QED) is 0.817. The molecule has 1 aromatic carbocycles. The average Bonchev–Trinajstić information content (AvgIpc) is 3.01. The first-order valence-corrected chi connectivity index (χ1v) is 7.75. The van der Waals surface area contributed by atoms with E-state index in [4.69, 9.17) is 4.52 Å². The van der Waals surface area contributed by atoms with E-state index in [0.29, 0.717) is 18.1 Å². The Hall–Kier alpha value is -2.21. The van der Waals surface area contributed by atoms with Crippen LogP contribution in [0.3, 0.4) is 0 Å². The summed E-state index contributed by atoms with van der Waals surface area (Å²) in [6.07, 6.45) is 0.629. The summed E-state index contributed by atoms with van der Waals surface area (Å²) in [5, 5.41) is 17.0. The predicted octanol–water partition coefficient (Wildman–Crippen LogP) is 2.15. The Labute approximate surface area is 135 Å². The first kappa shape index (κ1) is 17.1. The third kappa shape index (κ3) is 4.89. The summed E-state index contributed by atoms with van der Waals surface area (Å²) in [5.74, 6) is 1.14. The molecule has 0 radical (unpaired) electrons. The molecule has 0 spiro atoms. The SMILES string of the molecule is CC(C)c1noc(CCC(=O)NCC(C)(O)c2ccccc2)n1. The lowest BCUT2D eigenvalue weighted by molar-refractivity contribution is -0.122. The van der Waals surface area contributed by atoms with E-state index in [1.807, 2.05) is 44.2 Å². The minimum Gasteiger partial charge on any atom is -0.384 e. The van der Waals surface area contributed by atoms with Gasteiger partial charge in [0.05, 0.1) is 6.54 Å². The molecule has 0 aliphatic carbocycles. The van der Waals surface area contributed by atoms with Gasteiger partial charge >= 0.3 is 0 Å². The Bertz CT molecular complexity index is 636. The van der Waals surface area contributed by atoms with Crippen LogP contribution in [-0.2, 0) is 16.8 Å². The second-order valence-electron chi connectivity index (χ2n) is 6.12. The standard InChI is InChI=1S/C17H23N3O3/c1-12(2)16-19-15(23-20-16)10-9-14(21)18-11-17(3,22)13-7-5-4-6-8-13/h4-8,12,22H,9-11H2,1-3H3,(H,18,21). The van der Waals surface area contributed by atoms with Gasteiger partial charge in [-0.25, -0.2) is 0 Å². The fourth-order valence-corrected chi connectivity index (χ4v) is 2.08. The van der Waals surface area contributed by atoms with Crippen molar-refractivity contribution >= 4 is 5.91 Å². The molecule has 1 amide bonds. The summed E-state index contributed by atoms with van der Waals surface area (Å²) in [7, 11) is 0. The minimum atomic E-state index is -1.10. The first-order valence-electron chi connectivity index (χ1n) is 7.75. The summed E-state index contributed by atoms with van der Waals surface area (Å²) in [6, 6.07) is 9.26. The monoisotopic (exact) mass is 317 g/mol. The van der Waals surface area contributed by atoms with Crippen LogP contribution < -0.4 is 5.32 Å². The number of aromatic nitrogens is 2. The van der Waals surface area contributed by atoms with E-state index in [9.17, 15) is 9.90 Å². The second kappa shape index (κ2) is 7.37. The van der Waals surface area contributed by atoms with Crippen molar-refractivity contribution in [1.29, 1.82) is 0 Å². The van der Waals surface area contributed by atoms with E-state index in [2.05, 4.69) is 15.5 Å². The highest BCUT2D eigenvalue weighted by Crippen LogP contribution is 2.19. The number of rotatable bonds is 7. The topological polar surface area (TPSA) is 88.2 Å². The van der Waals surface area contributed by atoms with Gasteiger partial charge in [0.25, 0.3) is 0 Å². The largest absolute Gasteiger partial charge is 0.384 e. The zero-order valence-corrected chi connectivity index (χ0v) is 13.7. The van der Waals surface area contributed by atoms with Gasteiger partial charge in [0.1, 0.15) is 5.60 Å². The highest BCUT2D eigenvalue weighted by molar-refractivity contribution is 5.76. The summed E-state index contributed by atoms with van der Waals surface area (Å²) < 4.78 is 5.10. The molecule has 0 aliphatic heterocycles. The van der Waals surface area contributed by atoms with Crippen LogP contribution in [0.1, 0.15) is 50.4 Å². The predicted molar refractivity (Wildman–Crippen MR) is 85.7 cm³/mol. The van der Waals surface area contributed by atoms with Crippen LogP contribution in [0.4, 0.5) is 0 Å². The second-order valence-corrected chi connectivity index (χ2v) is 6.12. The number of carbonyl (C=O) groups excluding carboxylic acids is 1. The Kier molecular flexibility index (Phi) is 5.50. The molecule has 0 saturated carbocycles. The molecule has 0 fully saturated rings. The average molecular weight is 317 g/mol. The molecule has 2 aromatic rings. The Morgan fingerprint density at radius 2 is 2.04 bits per heavy atom. The van der Waals surface area contributed by atoms with Crippen LogP contribution in [-0.4, -0.2) is 27.7 Å². The van der Waals surface area contributed by atoms with E-state index in [1.165, 1.54) is 0 Å². The number of aryl methyl sites for hydroxylation is 1. The van der Waals surface area contributed by atoms with Crippen molar-refractivity contribution in [1.82, 2.24) is 15.5 Å². The van der Waals surface area contributed by atoms with Crippen molar-refractivity contribution in [2.45, 2.75) is 45.1 Å². The smallest absolute Gasteiger partial charge is 0.227 e. The van der Waals surface area contributed by atoms with E-state index < -0.39 is 5.60 Å². The van der Waals surface area contributed by atoms with E-state index >= 15 is 0 Å². The van der Waals surface area contributed by atoms with Gasteiger partial charge in [0.15, 0.2) is 5.82 Å². The molecule has 1 atom stereocenters. The Morgan fingerprint density at radius 3 is 2.65 bits per heavy atom. The number of benzene rings is 1. The van der Waals surface area contributed by atoms with Crippen molar-refractivity contribution in [3.05, 3.63) is 47.6 Å². The molecule has 1 heterocycles. The molecule has 6 heteroatoms. The van der Waals surface area contributed by atoms with Gasteiger partial charge in [-0.15, -0.1) is 0 Å². The maximum absolute atomic E-state index is 11.9. The van der Waals surface area contributed by atoms with Gasteiger partial charge in [-0.2, -0.15) is 4.98 Å². The van der Waals surface area contributed by atoms with Crippen molar-refractivity contribution in [3.63, 3.8) is 0 Å². The lowest BCUT2D eigenvalue weighted by Crippen LogP contribution is -2.38. The van der Waals surface area contributed by atoms with Crippen molar-refractivity contribution < 1.29 is 14.4 Å². The fraction of sp³-hybridized carbons (Fsp3) is 0.471. The molecule has 23 heavy (non-hydrogen) atoms. The highest BCUT2D eigenvalue weighted by atomic mass is 16.5. The molecule has 2 rings (SSSR count). The molecule has 0 aliphatic rings. The van der Waals surface area contributed by atoms with Crippen LogP contribution in [0.15, 0.2) is 34.9 Å². The molecule has 6 nitrogen and oxygen atoms in total. The third-order valence-corrected chi connectivity index (χ3v) is 3.59. The molecule has 1 unspecified atom stereocenters. The van der Waals surface area contributed by atoms with Gasteiger partial charge in [-0.05, 0) is 12.5 Å². The van der Waals surface area contributed by atoms with Crippen molar-refractivity contribution in [2.75, 3.05) is 6.54 Å². The number of hydrogen-bond acceptors (Lipinski definition) is 5. The number of hydrogen-bond donors (Lipinski definition) is 2. The lowest BCUT2D eigenvalue weighted by Gasteiger charge is -2.24. The Morgan fingerprint density at radius 1 is 1.35 bits per heavy atom. The number of nitrogens with zero attached hydrogens (tertiary/aromatic N) is 2. The maximum Gasteiger partial charge on any atom is 0.227 e. The molecule has 0 saturated heterocycles. The number of aliphatic hydroxyl groups is 1. The summed E-state index contributed by atoms with van der Waals surface area (Å²) in [5.41, 5.74) is -0.342. The Balaban J connectivity index is 1.80. The molecule has 124 valence electrons. The number of carbonyl (C=O) groups is 1. The van der Waals surface area contributed by atoms with Gasteiger partial charge in [-0.3, -0.25) is 4.79 Å². The third-order valence-electron chi connectivity index (χ3n) is 3.59. The van der Waals surface area contributed by atoms with E-state index in [0.717, 1.165) is 5.56 Å². The van der Waals surface area contributed by atoms with E-state index in [1.54, 1.807) is 6.92 Å². The number of nitrogens with one attached hydrogen (secondary N) is 1. The highest BCUT2D eigenvalue weighted by Gasteiger charge is 2.23. The minimum absolute atomic E-state index is 0.150. The number of amides is 1. The van der Waals surface area contributed by atoms with Gasteiger partial charge < -0.3 is 14.9 Å².